The molecule has 0 saturated heterocycles. The number of hydrogen-bond acceptors (Lipinski definition) is 4. The Morgan fingerprint density at radius 1 is 1.31 bits per heavy atom. The molecule has 1 heterocycles. The largest absolute Gasteiger partial charge is 0.388 e. The molecule has 0 aromatic carbocycles. The molecule has 0 radical (unpaired) electrons. The molecule has 16 heavy (non-hydrogen) atoms. The van der Waals surface area contributed by atoms with E-state index in [0.29, 0.717) is 23.9 Å². The van der Waals surface area contributed by atoms with Gasteiger partial charge in [0.25, 0.3) is 0 Å². The second kappa shape index (κ2) is 4.97. The predicted molar refractivity (Wildman–Crippen MR) is 65.9 cm³/mol. The maximum atomic E-state index is 9.86. The van der Waals surface area contributed by atoms with Crippen LogP contribution in [0.3, 0.4) is 0 Å². The van der Waals surface area contributed by atoms with E-state index in [0.717, 1.165) is 11.1 Å². The smallest absolute Gasteiger partial charge is 0.155 e. The lowest BCUT2D eigenvalue weighted by Gasteiger charge is -2.22. The van der Waals surface area contributed by atoms with Crippen molar-refractivity contribution in [1.29, 1.82) is 0 Å². The molecule has 1 rings (SSSR count). The minimum absolute atomic E-state index is 0.422. The minimum atomic E-state index is -0.734. The van der Waals surface area contributed by atoms with Crippen molar-refractivity contribution in [2.75, 3.05) is 11.9 Å². The Kier molecular flexibility index (Phi) is 4.10. The lowest BCUT2D eigenvalue weighted by molar-refractivity contribution is 0.0696. The molecule has 0 aliphatic heterocycles. The fourth-order valence-electron chi connectivity index (χ4n) is 1.14. The van der Waals surface area contributed by atoms with E-state index in [4.69, 9.17) is 11.6 Å². The Morgan fingerprint density at radius 3 is 2.50 bits per heavy atom. The van der Waals surface area contributed by atoms with Crippen molar-refractivity contribution in [3.63, 3.8) is 0 Å². The van der Waals surface area contributed by atoms with Gasteiger partial charge < -0.3 is 10.4 Å². The van der Waals surface area contributed by atoms with Crippen LogP contribution in [0.4, 0.5) is 5.82 Å². The SMILES string of the molecule is CCC(C)(O)CNc1nnc(Cl)c(C)c1C. The summed E-state index contributed by atoms with van der Waals surface area (Å²) < 4.78 is 0. The zero-order valence-corrected chi connectivity index (χ0v) is 10.9. The van der Waals surface area contributed by atoms with Gasteiger partial charge in [0.05, 0.1) is 5.60 Å². The van der Waals surface area contributed by atoms with Crippen LogP contribution < -0.4 is 5.32 Å². The number of halogens is 1. The molecule has 1 aromatic heterocycles. The molecule has 0 amide bonds. The summed E-state index contributed by atoms with van der Waals surface area (Å²) in [6.45, 7) is 7.99. The van der Waals surface area contributed by atoms with Crippen LogP contribution in [-0.2, 0) is 0 Å². The summed E-state index contributed by atoms with van der Waals surface area (Å²) in [6.07, 6.45) is 0.680. The zero-order chi connectivity index (χ0) is 12.3. The van der Waals surface area contributed by atoms with Crippen molar-refractivity contribution in [2.24, 2.45) is 0 Å². The fraction of sp³-hybridized carbons (Fsp3) is 0.636. The summed E-state index contributed by atoms with van der Waals surface area (Å²) >= 11 is 5.85. The molecule has 90 valence electrons. The third kappa shape index (κ3) is 3.06. The predicted octanol–water partition coefficient (Wildman–Crippen LogP) is 2.32. The third-order valence-corrected chi connectivity index (χ3v) is 3.22. The Morgan fingerprint density at radius 2 is 1.94 bits per heavy atom. The first-order chi connectivity index (χ1) is 7.37. The van der Waals surface area contributed by atoms with Gasteiger partial charge in [0, 0.05) is 6.54 Å². The van der Waals surface area contributed by atoms with Crippen molar-refractivity contribution >= 4 is 17.4 Å². The number of aliphatic hydroxyl groups is 1. The van der Waals surface area contributed by atoms with Gasteiger partial charge in [-0.15, -0.1) is 10.2 Å². The summed E-state index contributed by atoms with van der Waals surface area (Å²) in [5.74, 6) is 0.677. The molecule has 5 heteroatoms. The van der Waals surface area contributed by atoms with E-state index in [1.165, 1.54) is 0 Å². The molecule has 0 aliphatic carbocycles. The lowest BCUT2D eigenvalue weighted by atomic mass is 10.0. The van der Waals surface area contributed by atoms with Gasteiger partial charge in [-0.3, -0.25) is 0 Å². The number of hydrogen-bond donors (Lipinski definition) is 2. The summed E-state index contributed by atoms with van der Waals surface area (Å²) in [4.78, 5) is 0. The van der Waals surface area contributed by atoms with Gasteiger partial charge in [0.2, 0.25) is 0 Å². The average molecular weight is 244 g/mol. The van der Waals surface area contributed by atoms with Gasteiger partial charge in [-0.2, -0.15) is 0 Å². The number of rotatable bonds is 4. The summed E-state index contributed by atoms with van der Waals surface area (Å²) in [6, 6.07) is 0. The van der Waals surface area contributed by atoms with Crippen molar-refractivity contribution in [2.45, 2.75) is 39.7 Å². The van der Waals surface area contributed by atoms with Crippen LogP contribution in [-0.4, -0.2) is 27.4 Å². The number of aromatic nitrogens is 2. The van der Waals surface area contributed by atoms with Crippen LogP contribution in [0.25, 0.3) is 0 Å². The molecule has 1 atom stereocenters. The highest BCUT2D eigenvalue weighted by Gasteiger charge is 2.18. The molecular formula is C11H18ClN3O. The summed E-state index contributed by atoms with van der Waals surface area (Å²) in [5.41, 5.74) is 1.14. The van der Waals surface area contributed by atoms with Crippen molar-refractivity contribution in [3.8, 4) is 0 Å². The van der Waals surface area contributed by atoms with E-state index in [9.17, 15) is 5.11 Å². The first kappa shape index (κ1) is 13.2. The molecule has 1 unspecified atom stereocenters. The van der Waals surface area contributed by atoms with Crippen molar-refractivity contribution < 1.29 is 5.11 Å². The monoisotopic (exact) mass is 243 g/mol. The highest BCUT2D eigenvalue weighted by atomic mass is 35.5. The second-order valence-corrected chi connectivity index (χ2v) is 4.65. The summed E-state index contributed by atoms with van der Waals surface area (Å²) in [5, 5.41) is 21.2. The molecular weight excluding hydrogens is 226 g/mol. The molecule has 0 saturated carbocycles. The zero-order valence-electron chi connectivity index (χ0n) is 10.1. The normalized spacial score (nSPS) is 14.6. The summed E-state index contributed by atoms with van der Waals surface area (Å²) in [7, 11) is 0. The Labute approximate surface area is 101 Å². The standard InChI is InChI=1S/C11H18ClN3O/c1-5-11(4,16)6-13-10-8(3)7(2)9(12)14-15-10/h16H,5-6H2,1-4H3,(H,13,15). The molecule has 1 aromatic rings. The topological polar surface area (TPSA) is 58.0 Å². The first-order valence-corrected chi connectivity index (χ1v) is 5.71. The van der Waals surface area contributed by atoms with Gasteiger partial charge in [0.15, 0.2) is 11.0 Å². The lowest BCUT2D eigenvalue weighted by Crippen LogP contribution is -2.33. The Bertz CT molecular complexity index is 380. The Balaban J connectivity index is 2.80. The number of anilines is 1. The van der Waals surface area contributed by atoms with Crippen molar-refractivity contribution in [3.05, 3.63) is 16.3 Å². The van der Waals surface area contributed by atoms with E-state index in [1.54, 1.807) is 6.92 Å². The van der Waals surface area contributed by atoms with Crippen LogP contribution in [0, 0.1) is 13.8 Å². The third-order valence-electron chi connectivity index (χ3n) is 2.86. The van der Waals surface area contributed by atoms with E-state index < -0.39 is 5.60 Å². The minimum Gasteiger partial charge on any atom is -0.388 e. The highest BCUT2D eigenvalue weighted by Crippen LogP contribution is 2.21. The Hall–Kier alpha value is -0.870. The number of nitrogens with zero attached hydrogens (tertiary/aromatic N) is 2. The quantitative estimate of drug-likeness (QED) is 0.852. The maximum absolute atomic E-state index is 9.86. The number of nitrogens with one attached hydrogen (secondary N) is 1. The van der Waals surface area contributed by atoms with E-state index in [-0.39, 0.29) is 0 Å². The van der Waals surface area contributed by atoms with Crippen LogP contribution >= 0.6 is 11.6 Å². The fourth-order valence-corrected chi connectivity index (χ4v) is 1.32. The van der Waals surface area contributed by atoms with Gasteiger partial charge >= 0.3 is 0 Å². The maximum Gasteiger partial charge on any atom is 0.155 e. The van der Waals surface area contributed by atoms with Gasteiger partial charge in [-0.1, -0.05) is 18.5 Å². The van der Waals surface area contributed by atoms with E-state index >= 15 is 0 Å². The highest BCUT2D eigenvalue weighted by molar-refractivity contribution is 6.30. The second-order valence-electron chi connectivity index (χ2n) is 4.29. The van der Waals surface area contributed by atoms with E-state index in [1.807, 2.05) is 20.8 Å². The molecule has 0 spiro atoms. The van der Waals surface area contributed by atoms with Gasteiger partial charge in [-0.25, -0.2) is 0 Å². The van der Waals surface area contributed by atoms with Crippen LogP contribution in [0.15, 0.2) is 0 Å². The van der Waals surface area contributed by atoms with E-state index in [2.05, 4.69) is 15.5 Å². The van der Waals surface area contributed by atoms with Gasteiger partial charge in [-0.05, 0) is 38.3 Å². The average Bonchev–Trinajstić information content (AvgIpc) is 2.25. The first-order valence-electron chi connectivity index (χ1n) is 5.33. The van der Waals surface area contributed by atoms with Gasteiger partial charge in [0.1, 0.15) is 0 Å². The molecule has 4 nitrogen and oxygen atoms in total. The molecule has 0 fully saturated rings. The van der Waals surface area contributed by atoms with Crippen LogP contribution in [0.1, 0.15) is 31.4 Å². The molecule has 2 N–H and O–H groups in total. The van der Waals surface area contributed by atoms with Crippen molar-refractivity contribution in [1.82, 2.24) is 10.2 Å². The van der Waals surface area contributed by atoms with Crippen LogP contribution in [0.2, 0.25) is 5.15 Å². The molecule has 0 bridgehead atoms. The van der Waals surface area contributed by atoms with Crippen LogP contribution in [0.5, 0.6) is 0 Å². The molecule has 0 aliphatic rings.